The van der Waals surface area contributed by atoms with Crippen LogP contribution >= 0.6 is 0 Å². The van der Waals surface area contributed by atoms with Gasteiger partial charge in [-0.15, -0.1) is 0 Å². The van der Waals surface area contributed by atoms with Crippen LogP contribution in [0.4, 0.5) is 4.39 Å². The first-order valence-corrected chi connectivity index (χ1v) is 6.33. The highest BCUT2D eigenvalue weighted by molar-refractivity contribution is 5.29. The third kappa shape index (κ3) is 3.22. The topological polar surface area (TPSA) is 47.6 Å². The Hall–Kier alpha value is -2.65. The molecule has 0 saturated heterocycles. The van der Waals surface area contributed by atoms with Gasteiger partial charge in [-0.2, -0.15) is 10.5 Å². The fourth-order valence-corrected chi connectivity index (χ4v) is 2.21. The van der Waals surface area contributed by atoms with E-state index < -0.39 is 5.92 Å². The van der Waals surface area contributed by atoms with Crippen molar-refractivity contribution in [3.63, 3.8) is 0 Å². The first-order valence-electron chi connectivity index (χ1n) is 6.33. The molecule has 0 N–H and O–H groups in total. The molecule has 1 unspecified atom stereocenters. The van der Waals surface area contributed by atoms with Gasteiger partial charge in [-0.1, -0.05) is 42.5 Å². The van der Waals surface area contributed by atoms with E-state index in [1.807, 2.05) is 42.5 Å². The molecule has 2 rings (SSSR count). The highest BCUT2D eigenvalue weighted by Gasteiger charge is 2.23. The van der Waals surface area contributed by atoms with Gasteiger partial charge in [-0.3, -0.25) is 0 Å². The monoisotopic (exact) mass is 264 g/mol. The second-order valence-corrected chi connectivity index (χ2v) is 4.58. The van der Waals surface area contributed by atoms with Crippen LogP contribution in [0.3, 0.4) is 0 Å². The molecular formula is C17H13FN2. The summed E-state index contributed by atoms with van der Waals surface area (Å²) in [6.07, 6.45) is 0.582. The Morgan fingerprint density at radius 2 is 1.50 bits per heavy atom. The average molecular weight is 264 g/mol. The molecule has 0 heterocycles. The minimum atomic E-state index is -0.749. The molecule has 0 aliphatic rings. The quantitative estimate of drug-likeness (QED) is 0.842. The van der Waals surface area contributed by atoms with Crippen LogP contribution in [-0.2, 0) is 6.42 Å². The van der Waals surface area contributed by atoms with E-state index in [0.29, 0.717) is 6.42 Å². The van der Waals surface area contributed by atoms with Crippen molar-refractivity contribution in [3.8, 4) is 12.1 Å². The predicted molar refractivity (Wildman–Crippen MR) is 74.0 cm³/mol. The number of nitrogens with zero attached hydrogens (tertiary/aromatic N) is 2. The van der Waals surface area contributed by atoms with Gasteiger partial charge in [-0.25, -0.2) is 4.39 Å². The molecule has 0 spiro atoms. The summed E-state index contributed by atoms with van der Waals surface area (Å²) in [6.45, 7) is 0. The van der Waals surface area contributed by atoms with Gasteiger partial charge in [0.1, 0.15) is 11.7 Å². The molecule has 2 nitrogen and oxygen atoms in total. The number of rotatable bonds is 4. The lowest BCUT2D eigenvalue weighted by Gasteiger charge is -2.18. The van der Waals surface area contributed by atoms with E-state index in [1.54, 1.807) is 12.1 Å². The Bertz CT molecular complexity index is 621. The molecule has 0 amide bonds. The van der Waals surface area contributed by atoms with E-state index in [-0.39, 0.29) is 11.7 Å². The molecule has 0 fully saturated rings. The molecule has 0 aliphatic heterocycles. The van der Waals surface area contributed by atoms with Crippen molar-refractivity contribution in [2.24, 2.45) is 5.92 Å². The fraction of sp³-hybridized carbons (Fsp3) is 0.176. The number of hydrogen-bond donors (Lipinski definition) is 0. The van der Waals surface area contributed by atoms with E-state index in [9.17, 15) is 4.39 Å². The fourth-order valence-electron chi connectivity index (χ4n) is 2.21. The maximum atomic E-state index is 13.0. The molecule has 3 heteroatoms. The molecule has 0 aliphatic carbocycles. The van der Waals surface area contributed by atoms with Crippen LogP contribution in [0.1, 0.15) is 17.0 Å². The highest BCUT2D eigenvalue weighted by atomic mass is 19.1. The molecule has 98 valence electrons. The maximum absolute atomic E-state index is 13.0. The van der Waals surface area contributed by atoms with E-state index in [1.165, 1.54) is 12.1 Å². The van der Waals surface area contributed by atoms with Gasteiger partial charge in [0.2, 0.25) is 0 Å². The number of nitriles is 2. The average Bonchev–Trinajstić information content (AvgIpc) is 2.49. The standard InChI is InChI=1S/C17H13FN2/c18-16-8-6-14(7-9-16)17(15(11-19)12-20)10-13-4-2-1-3-5-13/h1-9,15,17H,10H2. The summed E-state index contributed by atoms with van der Waals surface area (Å²) in [6, 6.07) is 19.8. The van der Waals surface area contributed by atoms with Crippen molar-refractivity contribution in [1.29, 1.82) is 10.5 Å². The first-order chi connectivity index (χ1) is 9.74. The molecule has 1 atom stereocenters. The van der Waals surface area contributed by atoms with Crippen LogP contribution in [0.5, 0.6) is 0 Å². The van der Waals surface area contributed by atoms with Crippen LogP contribution in [0, 0.1) is 34.4 Å². The molecule has 0 aromatic heterocycles. The summed E-state index contributed by atoms with van der Waals surface area (Å²) in [5, 5.41) is 18.3. The van der Waals surface area contributed by atoms with Crippen LogP contribution in [-0.4, -0.2) is 0 Å². The summed E-state index contributed by atoms with van der Waals surface area (Å²) in [4.78, 5) is 0. The lowest BCUT2D eigenvalue weighted by atomic mass is 9.83. The summed E-state index contributed by atoms with van der Waals surface area (Å²) in [7, 11) is 0. The third-order valence-electron chi connectivity index (χ3n) is 3.28. The van der Waals surface area contributed by atoms with E-state index in [0.717, 1.165) is 11.1 Å². The Morgan fingerprint density at radius 1 is 0.900 bits per heavy atom. The zero-order chi connectivity index (χ0) is 14.4. The Kier molecular flexibility index (Phi) is 4.47. The lowest BCUT2D eigenvalue weighted by molar-refractivity contribution is 0.599. The number of halogens is 1. The zero-order valence-corrected chi connectivity index (χ0v) is 10.8. The summed E-state index contributed by atoms with van der Waals surface area (Å²) in [5.41, 5.74) is 1.86. The SMILES string of the molecule is N#CC(C#N)C(Cc1ccccc1)c1ccc(F)cc1. The van der Waals surface area contributed by atoms with Gasteiger partial charge in [0.25, 0.3) is 0 Å². The number of benzene rings is 2. The Morgan fingerprint density at radius 3 is 2.05 bits per heavy atom. The second kappa shape index (κ2) is 6.50. The second-order valence-electron chi connectivity index (χ2n) is 4.58. The maximum Gasteiger partial charge on any atom is 0.140 e. The summed E-state index contributed by atoms with van der Waals surface area (Å²) in [5.74, 6) is -1.33. The Labute approximate surface area is 117 Å². The van der Waals surface area contributed by atoms with Crippen LogP contribution in [0.15, 0.2) is 54.6 Å². The van der Waals surface area contributed by atoms with E-state index in [4.69, 9.17) is 10.5 Å². The molecule has 0 saturated carbocycles. The Balaban J connectivity index is 2.33. The van der Waals surface area contributed by atoms with Gasteiger partial charge >= 0.3 is 0 Å². The van der Waals surface area contributed by atoms with Crippen molar-refractivity contribution in [3.05, 3.63) is 71.5 Å². The van der Waals surface area contributed by atoms with Gasteiger partial charge in [0.15, 0.2) is 0 Å². The van der Waals surface area contributed by atoms with E-state index in [2.05, 4.69) is 0 Å². The zero-order valence-electron chi connectivity index (χ0n) is 10.8. The van der Waals surface area contributed by atoms with Gasteiger partial charge in [-0.05, 0) is 29.7 Å². The molecular weight excluding hydrogens is 251 g/mol. The van der Waals surface area contributed by atoms with Crippen LogP contribution in [0.25, 0.3) is 0 Å². The molecule has 2 aromatic rings. The summed E-state index contributed by atoms with van der Waals surface area (Å²) >= 11 is 0. The minimum absolute atomic E-state index is 0.256. The summed E-state index contributed by atoms with van der Waals surface area (Å²) < 4.78 is 13.0. The largest absolute Gasteiger partial charge is 0.207 e. The minimum Gasteiger partial charge on any atom is -0.207 e. The van der Waals surface area contributed by atoms with Gasteiger partial charge < -0.3 is 0 Å². The predicted octanol–water partition coefficient (Wildman–Crippen LogP) is 3.82. The normalized spacial score (nSPS) is 11.6. The van der Waals surface area contributed by atoms with Crippen molar-refractivity contribution in [2.45, 2.75) is 12.3 Å². The van der Waals surface area contributed by atoms with Gasteiger partial charge in [0.05, 0.1) is 12.1 Å². The molecule has 0 bridgehead atoms. The van der Waals surface area contributed by atoms with Gasteiger partial charge in [0, 0.05) is 5.92 Å². The molecule has 20 heavy (non-hydrogen) atoms. The van der Waals surface area contributed by atoms with Crippen molar-refractivity contribution >= 4 is 0 Å². The van der Waals surface area contributed by atoms with Crippen LogP contribution in [0.2, 0.25) is 0 Å². The van der Waals surface area contributed by atoms with Crippen molar-refractivity contribution < 1.29 is 4.39 Å². The molecule has 0 radical (unpaired) electrons. The first kappa shape index (κ1) is 13.8. The van der Waals surface area contributed by atoms with Crippen LogP contribution < -0.4 is 0 Å². The lowest BCUT2D eigenvalue weighted by Crippen LogP contribution is -2.13. The van der Waals surface area contributed by atoms with E-state index >= 15 is 0 Å². The third-order valence-corrected chi connectivity index (χ3v) is 3.28. The smallest absolute Gasteiger partial charge is 0.140 e. The number of hydrogen-bond acceptors (Lipinski definition) is 2. The molecule has 2 aromatic carbocycles. The highest BCUT2D eigenvalue weighted by Crippen LogP contribution is 2.28. The van der Waals surface area contributed by atoms with Crippen molar-refractivity contribution in [1.82, 2.24) is 0 Å². The van der Waals surface area contributed by atoms with Crippen molar-refractivity contribution in [2.75, 3.05) is 0 Å².